The Morgan fingerprint density at radius 3 is 2.16 bits per heavy atom. The highest BCUT2D eigenvalue weighted by molar-refractivity contribution is 7.11. The molecular weight excluding hydrogens is 346 g/mol. The fraction of sp³-hybridized carbons (Fsp3) is 0.700. The molecule has 4 saturated carbocycles. The van der Waals surface area contributed by atoms with E-state index in [1.165, 1.54) is 58.3 Å². The second-order valence-corrected chi connectivity index (χ2v) is 11.3. The van der Waals surface area contributed by atoms with E-state index in [1.54, 1.807) is 0 Å². The number of nitrogens with zero attached hydrogens (tertiary/aromatic N) is 3. The Hall–Kier alpha value is -0.780. The van der Waals surface area contributed by atoms with Crippen molar-refractivity contribution in [2.45, 2.75) is 71.0 Å². The van der Waals surface area contributed by atoms with Crippen molar-refractivity contribution in [2.75, 3.05) is 0 Å². The summed E-state index contributed by atoms with van der Waals surface area (Å²) in [6, 6.07) is 0. The van der Waals surface area contributed by atoms with Crippen LogP contribution in [0.5, 0.6) is 0 Å². The highest BCUT2D eigenvalue weighted by atomic mass is 32.1. The molecule has 0 atom stereocenters. The van der Waals surface area contributed by atoms with Gasteiger partial charge in [0.15, 0.2) is 0 Å². The summed E-state index contributed by atoms with van der Waals surface area (Å²) in [7, 11) is 0. The molecule has 134 valence electrons. The second-order valence-electron chi connectivity index (χ2n) is 8.71. The lowest BCUT2D eigenvalue weighted by atomic mass is 9.52. The maximum atomic E-state index is 4.69. The molecule has 0 amide bonds. The van der Waals surface area contributed by atoms with Gasteiger partial charge in [0.05, 0.1) is 11.6 Å². The van der Waals surface area contributed by atoms with Gasteiger partial charge in [-0.1, -0.05) is 0 Å². The topological polar surface area (TPSA) is 29.0 Å². The van der Waals surface area contributed by atoms with Crippen molar-refractivity contribution in [3.05, 3.63) is 32.2 Å². The van der Waals surface area contributed by atoms with Gasteiger partial charge in [0.1, 0.15) is 5.01 Å². The normalized spacial score (nSPS) is 33.5. The Bertz CT molecular complexity index is 685. The lowest BCUT2D eigenvalue weighted by Gasteiger charge is -2.60. The third-order valence-electron chi connectivity index (χ3n) is 6.69. The molecule has 2 heterocycles. The highest BCUT2D eigenvalue weighted by Crippen LogP contribution is 2.58. The summed E-state index contributed by atoms with van der Waals surface area (Å²) in [5.41, 5.74) is 0.423. The summed E-state index contributed by atoms with van der Waals surface area (Å²) < 4.78 is 0. The molecule has 25 heavy (non-hydrogen) atoms. The van der Waals surface area contributed by atoms with Gasteiger partial charge in [0, 0.05) is 34.2 Å². The summed E-state index contributed by atoms with van der Waals surface area (Å²) in [6.07, 6.45) is 12.9. The largest absolute Gasteiger partial charge is 0.286 e. The first-order valence-corrected chi connectivity index (χ1v) is 11.3. The van der Waals surface area contributed by atoms with Crippen LogP contribution in [0.1, 0.15) is 58.3 Å². The van der Waals surface area contributed by atoms with Crippen LogP contribution in [0, 0.1) is 31.6 Å². The first-order chi connectivity index (χ1) is 12.1. The first kappa shape index (κ1) is 16.4. The molecular formula is C20H27N3S2. The molecule has 4 aliphatic rings. The van der Waals surface area contributed by atoms with Gasteiger partial charge in [-0.2, -0.15) is 0 Å². The minimum absolute atomic E-state index is 0.423. The van der Waals surface area contributed by atoms with Gasteiger partial charge in [-0.25, -0.2) is 9.97 Å². The van der Waals surface area contributed by atoms with Crippen LogP contribution in [0.25, 0.3) is 0 Å². The van der Waals surface area contributed by atoms with Crippen LogP contribution in [-0.4, -0.2) is 20.4 Å². The van der Waals surface area contributed by atoms with Crippen LogP contribution in [0.3, 0.4) is 0 Å². The van der Waals surface area contributed by atoms with E-state index in [0.29, 0.717) is 5.54 Å². The smallest absolute Gasteiger partial charge is 0.107 e. The van der Waals surface area contributed by atoms with Crippen LogP contribution in [0.2, 0.25) is 0 Å². The lowest BCUT2D eigenvalue weighted by Crippen LogP contribution is -2.59. The molecule has 0 saturated heterocycles. The molecule has 0 radical (unpaired) electrons. The molecule has 6 rings (SSSR count). The Labute approximate surface area is 158 Å². The predicted octanol–water partition coefficient (Wildman–Crippen LogP) is 5.19. The minimum Gasteiger partial charge on any atom is -0.286 e. The standard InChI is InChI=1S/C20H27N3S2/c1-13-9-22-19(24-13)12-23(11-18-10-21-14(2)25-18)20-6-15-3-16(7-20)5-17(4-15)8-20/h9-10,15-17H,3-8,11-12H2,1-2H3. The van der Waals surface area contributed by atoms with Crippen molar-refractivity contribution in [1.82, 2.24) is 14.9 Å². The zero-order valence-corrected chi connectivity index (χ0v) is 16.8. The predicted molar refractivity (Wildman–Crippen MR) is 104 cm³/mol. The van der Waals surface area contributed by atoms with E-state index in [9.17, 15) is 0 Å². The van der Waals surface area contributed by atoms with E-state index >= 15 is 0 Å². The van der Waals surface area contributed by atoms with E-state index in [2.05, 4.69) is 29.9 Å². The molecule has 4 aliphatic carbocycles. The fourth-order valence-corrected chi connectivity index (χ4v) is 7.76. The Balaban J connectivity index is 1.46. The quantitative estimate of drug-likeness (QED) is 0.722. The summed E-state index contributed by atoms with van der Waals surface area (Å²) in [4.78, 5) is 14.8. The van der Waals surface area contributed by atoms with E-state index < -0.39 is 0 Å². The summed E-state index contributed by atoms with van der Waals surface area (Å²) >= 11 is 3.74. The third kappa shape index (κ3) is 3.08. The molecule has 5 heteroatoms. The van der Waals surface area contributed by atoms with Crippen molar-refractivity contribution in [3.63, 3.8) is 0 Å². The molecule has 2 aromatic heterocycles. The number of hydrogen-bond acceptors (Lipinski definition) is 5. The molecule has 4 fully saturated rings. The molecule has 4 bridgehead atoms. The SMILES string of the molecule is Cc1cnc(CN(Cc2cnc(C)s2)C23CC4CC(CC(C4)C2)C3)s1. The second kappa shape index (κ2) is 6.14. The molecule has 0 spiro atoms. The Kier molecular flexibility index (Phi) is 4.03. The third-order valence-corrected chi connectivity index (χ3v) is 8.48. The number of thiazole rings is 2. The zero-order valence-electron chi connectivity index (χ0n) is 15.2. The lowest BCUT2D eigenvalue weighted by molar-refractivity contribution is -0.0959. The van der Waals surface area contributed by atoms with Gasteiger partial charge in [-0.15, -0.1) is 22.7 Å². The highest BCUT2D eigenvalue weighted by Gasteiger charge is 2.53. The summed E-state index contributed by atoms with van der Waals surface area (Å²) in [5, 5.41) is 2.47. The van der Waals surface area contributed by atoms with Crippen molar-refractivity contribution in [1.29, 1.82) is 0 Å². The van der Waals surface area contributed by atoms with E-state index in [-0.39, 0.29) is 0 Å². The minimum atomic E-state index is 0.423. The summed E-state index contributed by atoms with van der Waals surface area (Å²) in [6.45, 7) is 6.36. The molecule has 2 aromatic rings. The maximum absolute atomic E-state index is 4.69. The molecule has 0 aliphatic heterocycles. The van der Waals surface area contributed by atoms with Crippen LogP contribution < -0.4 is 0 Å². The average molecular weight is 374 g/mol. The van der Waals surface area contributed by atoms with E-state index in [1.807, 2.05) is 28.9 Å². The maximum Gasteiger partial charge on any atom is 0.107 e. The van der Waals surface area contributed by atoms with Gasteiger partial charge in [0.25, 0.3) is 0 Å². The van der Waals surface area contributed by atoms with Crippen molar-refractivity contribution < 1.29 is 0 Å². The number of hydrogen-bond donors (Lipinski definition) is 0. The van der Waals surface area contributed by atoms with Gasteiger partial charge < -0.3 is 0 Å². The van der Waals surface area contributed by atoms with Crippen molar-refractivity contribution >= 4 is 22.7 Å². The molecule has 0 N–H and O–H groups in total. The van der Waals surface area contributed by atoms with Gasteiger partial charge in [-0.3, -0.25) is 4.90 Å². The fourth-order valence-electron chi connectivity index (χ4n) is 6.15. The Morgan fingerprint density at radius 1 is 0.960 bits per heavy atom. The van der Waals surface area contributed by atoms with Crippen molar-refractivity contribution in [3.8, 4) is 0 Å². The first-order valence-electron chi connectivity index (χ1n) is 9.66. The average Bonchev–Trinajstić information content (AvgIpc) is 3.14. The van der Waals surface area contributed by atoms with Crippen LogP contribution in [0.4, 0.5) is 0 Å². The monoisotopic (exact) mass is 373 g/mol. The van der Waals surface area contributed by atoms with Gasteiger partial charge in [0.2, 0.25) is 0 Å². The van der Waals surface area contributed by atoms with E-state index in [0.717, 1.165) is 30.8 Å². The van der Waals surface area contributed by atoms with Crippen LogP contribution in [-0.2, 0) is 13.1 Å². The zero-order chi connectivity index (χ0) is 17.0. The van der Waals surface area contributed by atoms with Gasteiger partial charge in [-0.05, 0) is 70.1 Å². The summed E-state index contributed by atoms with van der Waals surface area (Å²) in [5.74, 6) is 2.94. The van der Waals surface area contributed by atoms with Gasteiger partial charge >= 0.3 is 0 Å². The molecule has 3 nitrogen and oxygen atoms in total. The van der Waals surface area contributed by atoms with Crippen LogP contribution >= 0.6 is 22.7 Å². The van der Waals surface area contributed by atoms with Crippen molar-refractivity contribution in [2.24, 2.45) is 17.8 Å². The molecule has 0 aromatic carbocycles. The number of aryl methyl sites for hydroxylation is 2. The number of aromatic nitrogens is 2. The number of rotatable bonds is 5. The molecule has 0 unspecified atom stereocenters. The Morgan fingerprint density at radius 2 is 1.64 bits per heavy atom. The van der Waals surface area contributed by atoms with E-state index in [4.69, 9.17) is 4.98 Å². The van der Waals surface area contributed by atoms with Crippen LogP contribution in [0.15, 0.2) is 12.4 Å².